The number of phenolic OH excluding ortho intramolecular Hbond substituents is 1. The first kappa shape index (κ1) is 24.4. The Morgan fingerprint density at radius 2 is 1.97 bits per heavy atom. The van der Waals surface area contributed by atoms with Crippen LogP contribution in [0.15, 0.2) is 40.7 Å². The Bertz CT molecular complexity index is 1040. The average molecular weight is 458 g/mol. The minimum Gasteiger partial charge on any atom is -0.504 e. The second kappa shape index (κ2) is 9.68. The number of phenols is 1. The van der Waals surface area contributed by atoms with Crippen LogP contribution >= 0.6 is 0 Å². The third kappa shape index (κ3) is 4.47. The van der Waals surface area contributed by atoms with Crippen molar-refractivity contribution >= 4 is 17.7 Å². The smallest absolute Gasteiger partial charge is 0.337 e. The molecule has 8 nitrogen and oxygen atoms in total. The zero-order valence-corrected chi connectivity index (χ0v) is 19.9. The van der Waals surface area contributed by atoms with Crippen molar-refractivity contribution in [3.63, 3.8) is 0 Å². The Balaban J connectivity index is 2.20. The van der Waals surface area contributed by atoms with Crippen molar-refractivity contribution in [1.29, 1.82) is 0 Å². The van der Waals surface area contributed by atoms with Crippen LogP contribution in [0.5, 0.6) is 11.5 Å². The summed E-state index contributed by atoms with van der Waals surface area (Å²) in [6.45, 7) is 7.31. The molecule has 1 aliphatic carbocycles. The molecule has 0 amide bonds. The normalized spacial score (nSPS) is 23.5. The zero-order valence-electron chi connectivity index (χ0n) is 19.9. The van der Waals surface area contributed by atoms with E-state index in [0.717, 1.165) is 0 Å². The van der Waals surface area contributed by atoms with Crippen LogP contribution in [0, 0.1) is 11.8 Å². The molecule has 3 rings (SSSR count). The van der Waals surface area contributed by atoms with E-state index in [2.05, 4.69) is 5.32 Å². The molecule has 0 unspecified atom stereocenters. The number of ether oxygens (including phenoxy) is 3. The molecule has 1 aromatic rings. The molecule has 0 radical (unpaired) electrons. The lowest BCUT2D eigenvalue weighted by molar-refractivity contribution is -0.151. The number of aromatic hydroxyl groups is 1. The molecule has 33 heavy (non-hydrogen) atoms. The summed E-state index contributed by atoms with van der Waals surface area (Å²) < 4.78 is 15.8. The molecule has 8 heteroatoms. The second-order valence-corrected chi connectivity index (χ2v) is 8.59. The number of rotatable bonds is 6. The highest BCUT2D eigenvalue weighted by Crippen LogP contribution is 2.46. The largest absolute Gasteiger partial charge is 0.504 e. The number of Topliss-reactive ketones (excluding diaryl/α,β-unsaturated/α-hetero) is 1. The van der Waals surface area contributed by atoms with Crippen molar-refractivity contribution < 1.29 is 33.7 Å². The van der Waals surface area contributed by atoms with E-state index in [4.69, 9.17) is 14.2 Å². The summed E-state index contributed by atoms with van der Waals surface area (Å²) in [5, 5.41) is 13.3. The van der Waals surface area contributed by atoms with Gasteiger partial charge in [0.25, 0.3) is 0 Å². The van der Waals surface area contributed by atoms with Gasteiger partial charge in [-0.25, -0.2) is 4.79 Å². The van der Waals surface area contributed by atoms with Crippen LogP contribution < -0.4 is 10.1 Å². The third-order valence-electron chi connectivity index (χ3n) is 6.38. The fourth-order valence-corrected chi connectivity index (χ4v) is 4.49. The van der Waals surface area contributed by atoms with Gasteiger partial charge in [0.1, 0.15) is 5.92 Å². The third-order valence-corrected chi connectivity index (χ3v) is 6.38. The van der Waals surface area contributed by atoms with E-state index in [1.165, 1.54) is 20.3 Å². The Hall–Kier alpha value is -3.29. The summed E-state index contributed by atoms with van der Waals surface area (Å²) in [5.74, 6) is -3.42. The number of hydrogen-bond donors (Lipinski definition) is 2. The minimum atomic E-state index is -0.970. The number of carbonyl (C=O) groups is 3. The molecule has 0 fully saturated rings. The summed E-state index contributed by atoms with van der Waals surface area (Å²) in [5.41, 5.74) is 2.43. The number of allylic oxidation sites excluding steroid dienone is 3. The standard InChI is InChI=1S/C25H31NO7/c1-7-13(3)33-25(30)20-14(4)26-16-10-12(2)19(24(29)32-6)23(28)22(16)21(20)15-8-9-17(27)18(11-15)31-5/h8-9,11-13,19,21,26-27H,7,10H2,1-6H3/t12-,13+,19-,21+/m0/s1. The second-order valence-electron chi connectivity index (χ2n) is 8.59. The summed E-state index contributed by atoms with van der Waals surface area (Å²) in [6.07, 6.45) is 0.767. The maximum absolute atomic E-state index is 13.7. The molecule has 1 aromatic carbocycles. The van der Waals surface area contributed by atoms with Crippen molar-refractivity contribution in [1.82, 2.24) is 5.32 Å². The van der Waals surface area contributed by atoms with Crippen LogP contribution in [0.25, 0.3) is 0 Å². The molecular formula is C25H31NO7. The lowest BCUT2D eigenvalue weighted by Gasteiger charge is -2.38. The molecule has 0 saturated carbocycles. The fourth-order valence-electron chi connectivity index (χ4n) is 4.49. The lowest BCUT2D eigenvalue weighted by atomic mass is 9.69. The summed E-state index contributed by atoms with van der Waals surface area (Å²) in [4.78, 5) is 39.4. The van der Waals surface area contributed by atoms with E-state index in [0.29, 0.717) is 35.4 Å². The van der Waals surface area contributed by atoms with E-state index in [1.54, 1.807) is 26.0 Å². The molecule has 1 heterocycles. The van der Waals surface area contributed by atoms with Gasteiger partial charge in [0.05, 0.1) is 25.9 Å². The number of dihydropyridines is 1. The van der Waals surface area contributed by atoms with Crippen molar-refractivity contribution in [3.8, 4) is 11.5 Å². The number of hydrogen-bond acceptors (Lipinski definition) is 8. The number of benzene rings is 1. The first-order valence-electron chi connectivity index (χ1n) is 11.0. The van der Waals surface area contributed by atoms with Gasteiger partial charge in [0.15, 0.2) is 17.3 Å². The lowest BCUT2D eigenvalue weighted by Crippen LogP contribution is -2.43. The van der Waals surface area contributed by atoms with Gasteiger partial charge >= 0.3 is 11.9 Å². The number of esters is 2. The highest BCUT2D eigenvalue weighted by Gasteiger charge is 2.47. The predicted molar refractivity (Wildman–Crippen MR) is 120 cm³/mol. The molecule has 0 saturated heterocycles. The van der Waals surface area contributed by atoms with Crippen LogP contribution in [0.1, 0.15) is 52.0 Å². The maximum atomic E-state index is 13.7. The van der Waals surface area contributed by atoms with Gasteiger partial charge in [-0.05, 0) is 50.3 Å². The predicted octanol–water partition coefficient (Wildman–Crippen LogP) is 3.36. The van der Waals surface area contributed by atoms with Crippen molar-refractivity contribution in [2.45, 2.75) is 52.6 Å². The van der Waals surface area contributed by atoms with Crippen molar-refractivity contribution in [3.05, 3.63) is 46.3 Å². The topological polar surface area (TPSA) is 111 Å². The quantitative estimate of drug-likeness (QED) is 0.494. The molecule has 1 aliphatic heterocycles. The first-order chi connectivity index (χ1) is 15.6. The van der Waals surface area contributed by atoms with Gasteiger partial charge in [0, 0.05) is 22.9 Å². The SMILES string of the molecule is CC[C@@H](C)OC(=O)C1=C(C)NC2=C(C(=O)[C@@H](C(=O)OC)[C@@H](C)C2)[C@@H]1c1ccc(O)c(OC)c1. The van der Waals surface area contributed by atoms with Crippen molar-refractivity contribution in [2.24, 2.45) is 11.8 Å². The summed E-state index contributed by atoms with van der Waals surface area (Å²) in [7, 11) is 2.68. The van der Waals surface area contributed by atoms with Crippen LogP contribution in [0.2, 0.25) is 0 Å². The van der Waals surface area contributed by atoms with Gasteiger partial charge in [0.2, 0.25) is 0 Å². The number of ketones is 1. The van der Waals surface area contributed by atoms with Crippen LogP contribution in [0.3, 0.4) is 0 Å². The Morgan fingerprint density at radius 1 is 1.27 bits per heavy atom. The van der Waals surface area contributed by atoms with E-state index in [9.17, 15) is 19.5 Å². The molecule has 2 N–H and O–H groups in total. The van der Waals surface area contributed by atoms with Gasteiger partial charge in [-0.1, -0.05) is 19.9 Å². The summed E-state index contributed by atoms with van der Waals surface area (Å²) >= 11 is 0. The Morgan fingerprint density at radius 3 is 2.58 bits per heavy atom. The van der Waals surface area contributed by atoms with E-state index in [-0.39, 0.29) is 34.9 Å². The van der Waals surface area contributed by atoms with Crippen molar-refractivity contribution in [2.75, 3.05) is 14.2 Å². The molecule has 0 spiro atoms. The Labute approximate surface area is 193 Å². The summed E-state index contributed by atoms with van der Waals surface area (Å²) in [6, 6.07) is 4.69. The molecule has 0 aromatic heterocycles. The van der Waals surface area contributed by atoms with Crippen LogP contribution in [0.4, 0.5) is 0 Å². The molecule has 0 bridgehead atoms. The minimum absolute atomic E-state index is 0.0650. The van der Waals surface area contributed by atoms with E-state index < -0.39 is 23.8 Å². The highest BCUT2D eigenvalue weighted by molar-refractivity contribution is 6.12. The van der Waals surface area contributed by atoms with Gasteiger partial charge in [-0.15, -0.1) is 0 Å². The fraction of sp³-hybridized carbons (Fsp3) is 0.480. The Kier molecular flexibility index (Phi) is 7.15. The zero-order chi connectivity index (χ0) is 24.4. The maximum Gasteiger partial charge on any atom is 0.337 e. The van der Waals surface area contributed by atoms with Gasteiger partial charge in [-0.3, -0.25) is 9.59 Å². The van der Waals surface area contributed by atoms with E-state index in [1.807, 2.05) is 13.8 Å². The molecular weight excluding hydrogens is 426 g/mol. The molecule has 4 atom stereocenters. The highest BCUT2D eigenvalue weighted by atomic mass is 16.5. The first-order valence-corrected chi connectivity index (χ1v) is 11.0. The van der Waals surface area contributed by atoms with Crippen LogP contribution in [-0.4, -0.2) is 43.2 Å². The molecule has 178 valence electrons. The van der Waals surface area contributed by atoms with E-state index >= 15 is 0 Å². The monoisotopic (exact) mass is 457 g/mol. The number of carbonyl (C=O) groups excluding carboxylic acids is 3. The molecule has 2 aliphatic rings. The average Bonchev–Trinajstić information content (AvgIpc) is 2.77. The van der Waals surface area contributed by atoms with Crippen LogP contribution in [-0.2, 0) is 23.9 Å². The van der Waals surface area contributed by atoms with Gasteiger partial charge < -0.3 is 24.6 Å². The van der Waals surface area contributed by atoms with Gasteiger partial charge in [-0.2, -0.15) is 0 Å². The number of methoxy groups -OCH3 is 2. The number of nitrogens with one attached hydrogen (secondary N) is 1.